The molecule has 0 spiro atoms. The fraction of sp³-hybridized carbons (Fsp3) is 0.643. The first-order valence-electron chi connectivity index (χ1n) is 7.16. The van der Waals surface area contributed by atoms with Crippen molar-refractivity contribution in [1.82, 2.24) is 4.98 Å². The second kappa shape index (κ2) is 5.01. The number of rotatable bonds is 2. The molecule has 6 nitrogen and oxygen atoms in total. The molecular formula is C14H19N3O3. The Hall–Kier alpha value is -1.69. The summed E-state index contributed by atoms with van der Waals surface area (Å²) in [6.45, 7) is 1.55. The lowest BCUT2D eigenvalue weighted by Crippen LogP contribution is -2.53. The topological polar surface area (TPSA) is 79.5 Å². The maximum atomic E-state index is 10.6. The minimum Gasteiger partial charge on any atom is -0.389 e. The Kier molecular flexibility index (Phi) is 3.33. The Bertz CT molecular complexity index is 505. The number of hydrogen-bond acceptors (Lipinski definition) is 5. The highest BCUT2D eigenvalue weighted by atomic mass is 16.6. The lowest BCUT2D eigenvalue weighted by atomic mass is 9.71. The molecule has 0 bridgehead atoms. The Balaban J connectivity index is 1.74. The van der Waals surface area contributed by atoms with Gasteiger partial charge in [0, 0.05) is 25.1 Å². The van der Waals surface area contributed by atoms with Crippen LogP contribution in [0.2, 0.25) is 0 Å². The summed E-state index contributed by atoms with van der Waals surface area (Å²) in [6, 6.07) is 3.19. The van der Waals surface area contributed by atoms with E-state index in [9.17, 15) is 15.2 Å². The van der Waals surface area contributed by atoms with Crippen molar-refractivity contribution in [1.29, 1.82) is 0 Å². The van der Waals surface area contributed by atoms with E-state index < -0.39 is 10.5 Å². The van der Waals surface area contributed by atoms with Crippen LogP contribution in [0.5, 0.6) is 0 Å². The molecule has 108 valence electrons. The molecule has 1 saturated heterocycles. The van der Waals surface area contributed by atoms with Crippen LogP contribution >= 0.6 is 0 Å². The quantitative estimate of drug-likeness (QED) is 0.661. The molecule has 2 fully saturated rings. The van der Waals surface area contributed by atoms with E-state index in [4.69, 9.17) is 0 Å². The van der Waals surface area contributed by atoms with E-state index in [0.717, 1.165) is 44.6 Å². The molecule has 2 unspecified atom stereocenters. The molecule has 0 radical (unpaired) electrons. The smallest absolute Gasteiger partial charge is 0.287 e. The van der Waals surface area contributed by atoms with Crippen LogP contribution in [-0.4, -0.2) is 33.7 Å². The van der Waals surface area contributed by atoms with Crippen LogP contribution in [0.15, 0.2) is 18.3 Å². The molecule has 1 aliphatic carbocycles. The zero-order chi connectivity index (χ0) is 14.2. The molecule has 0 aromatic carbocycles. The molecule has 1 aliphatic heterocycles. The molecule has 20 heavy (non-hydrogen) atoms. The number of anilines is 1. The highest BCUT2D eigenvalue weighted by molar-refractivity contribution is 5.43. The van der Waals surface area contributed by atoms with Gasteiger partial charge >= 0.3 is 0 Å². The lowest BCUT2D eigenvalue weighted by Gasteiger charge is -2.47. The highest BCUT2D eigenvalue weighted by Crippen LogP contribution is 2.40. The first kappa shape index (κ1) is 13.3. The summed E-state index contributed by atoms with van der Waals surface area (Å²) in [4.78, 5) is 16.5. The maximum absolute atomic E-state index is 10.6. The monoisotopic (exact) mass is 277 g/mol. The normalized spacial score (nSPS) is 29.9. The largest absolute Gasteiger partial charge is 0.389 e. The van der Waals surface area contributed by atoms with Crippen LogP contribution in [0.3, 0.4) is 0 Å². The van der Waals surface area contributed by atoms with Gasteiger partial charge in [0.2, 0.25) is 0 Å². The van der Waals surface area contributed by atoms with Crippen molar-refractivity contribution in [3.8, 4) is 0 Å². The van der Waals surface area contributed by atoms with Gasteiger partial charge in [0.15, 0.2) is 0 Å². The number of hydrogen-bond donors (Lipinski definition) is 1. The third kappa shape index (κ3) is 2.35. The number of piperidine rings is 1. The molecular weight excluding hydrogens is 258 g/mol. The third-order valence-corrected chi connectivity index (χ3v) is 4.69. The van der Waals surface area contributed by atoms with Crippen LogP contribution in [0, 0.1) is 16.0 Å². The summed E-state index contributed by atoms with van der Waals surface area (Å²) >= 11 is 0. The number of aromatic nitrogens is 1. The summed E-state index contributed by atoms with van der Waals surface area (Å²) in [6.07, 6.45) is 6.31. The van der Waals surface area contributed by atoms with E-state index in [0.29, 0.717) is 5.92 Å². The van der Waals surface area contributed by atoms with Crippen molar-refractivity contribution in [2.45, 2.75) is 37.7 Å². The van der Waals surface area contributed by atoms with Crippen molar-refractivity contribution in [2.75, 3.05) is 18.0 Å². The van der Waals surface area contributed by atoms with Gasteiger partial charge in [-0.15, -0.1) is 0 Å². The molecule has 2 heterocycles. The predicted octanol–water partition coefficient (Wildman–Crippen LogP) is 2.12. The Morgan fingerprint density at radius 2 is 2.25 bits per heavy atom. The highest BCUT2D eigenvalue weighted by Gasteiger charge is 2.42. The van der Waals surface area contributed by atoms with E-state index in [1.807, 2.05) is 0 Å². The van der Waals surface area contributed by atoms with E-state index in [-0.39, 0.29) is 5.69 Å². The summed E-state index contributed by atoms with van der Waals surface area (Å²) in [5.41, 5.74) is -0.491. The van der Waals surface area contributed by atoms with Gasteiger partial charge in [0.1, 0.15) is 12.0 Å². The average molecular weight is 277 g/mol. The summed E-state index contributed by atoms with van der Waals surface area (Å²) in [5, 5.41) is 21.3. The van der Waals surface area contributed by atoms with Gasteiger partial charge in [-0.05, 0) is 25.3 Å². The summed E-state index contributed by atoms with van der Waals surface area (Å²) in [5.74, 6) is 1.06. The summed E-state index contributed by atoms with van der Waals surface area (Å²) in [7, 11) is 0. The first-order valence-corrected chi connectivity index (χ1v) is 7.16. The van der Waals surface area contributed by atoms with Crippen molar-refractivity contribution in [3.63, 3.8) is 0 Å². The minimum atomic E-state index is -0.504. The van der Waals surface area contributed by atoms with Gasteiger partial charge in [-0.2, -0.15) is 0 Å². The van der Waals surface area contributed by atoms with Gasteiger partial charge in [-0.1, -0.05) is 12.8 Å². The van der Waals surface area contributed by atoms with Gasteiger partial charge < -0.3 is 10.0 Å². The zero-order valence-electron chi connectivity index (χ0n) is 11.4. The molecule has 3 rings (SSSR count). The Morgan fingerprint density at radius 1 is 1.40 bits per heavy atom. The van der Waals surface area contributed by atoms with E-state index in [1.165, 1.54) is 18.7 Å². The number of aliphatic hydroxyl groups is 1. The van der Waals surface area contributed by atoms with E-state index in [1.54, 1.807) is 6.07 Å². The van der Waals surface area contributed by atoms with Crippen molar-refractivity contribution in [3.05, 3.63) is 28.4 Å². The van der Waals surface area contributed by atoms with E-state index in [2.05, 4.69) is 9.88 Å². The van der Waals surface area contributed by atoms with Crippen LogP contribution in [0.25, 0.3) is 0 Å². The molecule has 6 heteroatoms. The maximum Gasteiger partial charge on any atom is 0.287 e. The number of fused-ring (bicyclic) bond motifs is 1. The van der Waals surface area contributed by atoms with Crippen LogP contribution in [0.4, 0.5) is 11.5 Å². The molecule has 1 aromatic rings. The molecule has 0 amide bonds. The second-order valence-corrected chi connectivity index (χ2v) is 5.87. The van der Waals surface area contributed by atoms with Gasteiger partial charge in [0.05, 0.1) is 10.5 Å². The van der Waals surface area contributed by atoms with Crippen LogP contribution in [-0.2, 0) is 0 Å². The minimum absolute atomic E-state index is 0.0138. The van der Waals surface area contributed by atoms with Crippen molar-refractivity contribution >= 4 is 11.5 Å². The van der Waals surface area contributed by atoms with Crippen LogP contribution < -0.4 is 4.90 Å². The Morgan fingerprint density at radius 3 is 2.95 bits per heavy atom. The zero-order valence-corrected chi connectivity index (χ0v) is 11.4. The van der Waals surface area contributed by atoms with Crippen LogP contribution in [0.1, 0.15) is 32.1 Å². The summed E-state index contributed by atoms with van der Waals surface area (Å²) < 4.78 is 0. The van der Waals surface area contributed by atoms with Crippen molar-refractivity contribution in [2.24, 2.45) is 5.92 Å². The standard InChI is InChI=1S/C14H19N3O3/c18-14-6-2-1-3-11(14)10-16(8-7-14)13-5-4-12(9-15-13)17(19)20/h4-5,9,11,18H,1-3,6-8,10H2. The molecule has 2 atom stereocenters. The SMILES string of the molecule is O=[N+]([O-])c1ccc(N2CCC3(O)CCCCC3C2)nc1. The lowest BCUT2D eigenvalue weighted by molar-refractivity contribution is -0.385. The predicted molar refractivity (Wildman–Crippen MR) is 74.6 cm³/mol. The van der Waals surface area contributed by atoms with Crippen molar-refractivity contribution < 1.29 is 10.0 Å². The fourth-order valence-corrected chi connectivity index (χ4v) is 3.45. The third-order valence-electron chi connectivity index (χ3n) is 4.69. The fourth-order valence-electron chi connectivity index (χ4n) is 3.45. The molecule has 2 aliphatic rings. The van der Waals surface area contributed by atoms with E-state index >= 15 is 0 Å². The first-order chi connectivity index (χ1) is 9.58. The molecule has 1 saturated carbocycles. The molecule has 1 aromatic heterocycles. The number of pyridine rings is 1. The van der Waals surface area contributed by atoms with Gasteiger partial charge in [-0.3, -0.25) is 10.1 Å². The Labute approximate surface area is 117 Å². The number of nitro groups is 1. The second-order valence-electron chi connectivity index (χ2n) is 5.87. The number of nitrogens with zero attached hydrogens (tertiary/aromatic N) is 3. The average Bonchev–Trinajstić information content (AvgIpc) is 2.46. The van der Waals surface area contributed by atoms with Gasteiger partial charge in [-0.25, -0.2) is 4.98 Å². The van der Waals surface area contributed by atoms with Gasteiger partial charge in [0.25, 0.3) is 5.69 Å². The molecule has 1 N–H and O–H groups in total.